The summed E-state index contributed by atoms with van der Waals surface area (Å²) in [6.07, 6.45) is 1.36. The average Bonchev–Trinajstić information content (AvgIpc) is 2.29. The van der Waals surface area contributed by atoms with E-state index in [9.17, 15) is 8.78 Å². The van der Waals surface area contributed by atoms with Crippen LogP contribution in [0, 0.1) is 5.82 Å². The summed E-state index contributed by atoms with van der Waals surface area (Å²) in [7, 11) is 0. The first-order valence-corrected chi connectivity index (χ1v) is 5.60. The summed E-state index contributed by atoms with van der Waals surface area (Å²) in [5, 5.41) is 3.28. The number of benzene rings is 1. The molecule has 1 aliphatic rings. The van der Waals surface area contributed by atoms with Crippen molar-refractivity contribution in [1.29, 1.82) is 0 Å². The van der Waals surface area contributed by atoms with Crippen LogP contribution in [0.5, 0.6) is 0 Å². The van der Waals surface area contributed by atoms with Gasteiger partial charge in [-0.3, -0.25) is 0 Å². The van der Waals surface area contributed by atoms with Crippen LogP contribution in [0.4, 0.5) is 8.78 Å². The van der Waals surface area contributed by atoms with E-state index in [0.717, 1.165) is 24.7 Å². The molecule has 17 heavy (non-hydrogen) atoms. The van der Waals surface area contributed by atoms with Crippen molar-refractivity contribution in [3.8, 4) is 0 Å². The number of piperidine rings is 1. The second-order valence-corrected chi connectivity index (χ2v) is 4.20. The number of hydrogen-bond donors (Lipinski definition) is 1. The Hall–Kier alpha value is -0.640. The molecule has 0 saturated carbocycles. The first kappa shape index (κ1) is 14.4. The van der Waals surface area contributed by atoms with E-state index in [1.165, 1.54) is 12.1 Å². The second kappa shape index (κ2) is 6.34. The maximum Gasteiger partial charge on any atom is 0.131 e. The van der Waals surface area contributed by atoms with E-state index < -0.39 is 5.82 Å². The highest BCUT2D eigenvalue weighted by Gasteiger charge is 2.15. The quantitative estimate of drug-likeness (QED) is 0.821. The standard InChI is InChI=1S/C12H12ClF2N.ClH/c13-11-7-9(14)1-2-10(11)12(15)8-3-5-16-6-4-8;/h1-2,7,16H,3-6H2;1H. The number of nitrogens with one attached hydrogen (secondary N) is 1. The molecule has 1 fully saturated rings. The summed E-state index contributed by atoms with van der Waals surface area (Å²) < 4.78 is 26.9. The summed E-state index contributed by atoms with van der Waals surface area (Å²) >= 11 is 5.81. The van der Waals surface area contributed by atoms with Crippen LogP contribution in [0.2, 0.25) is 5.02 Å². The fraction of sp³-hybridized carbons (Fsp3) is 0.333. The van der Waals surface area contributed by atoms with Gasteiger partial charge in [0.25, 0.3) is 0 Å². The summed E-state index contributed by atoms with van der Waals surface area (Å²) in [5.74, 6) is -0.747. The molecule has 5 heteroatoms. The van der Waals surface area contributed by atoms with Crippen molar-refractivity contribution in [3.05, 3.63) is 40.2 Å². The maximum atomic E-state index is 14.1. The Bertz CT molecular complexity index is 425. The van der Waals surface area contributed by atoms with Crippen molar-refractivity contribution >= 4 is 29.8 Å². The van der Waals surface area contributed by atoms with Gasteiger partial charge in [-0.25, -0.2) is 8.78 Å². The van der Waals surface area contributed by atoms with Crippen LogP contribution in [0.3, 0.4) is 0 Å². The minimum atomic E-state index is -0.447. The van der Waals surface area contributed by atoms with E-state index in [-0.39, 0.29) is 23.3 Å². The molecule has 1 N–H and O–H groups in total. The lowest BCUT2D eigenvalue weighted by Crippen LogP contribution is -2.23. The predicted molar refractivity (Wildman–Crippen MR) is 68.8 cm³/mol. The van der Waals surface area contributed by atoms with Crippen molar-refractivity contribution in [2.75, 3.05) is 13.1 Å². The molecule has 0 unspecified atom stereocenters. The molecule has 1 aromatic carbocycles. The van der Waals surface area contributed by atoms with Crippen molar-refractivity contribution in [1.82, 2.24) is 5.32 Å². The molecule has 0 radical (unpaired) electrons. The Morgan fingerprint density at radius 1 is 1.24 bits per heavy atom. The average molecular weight is 280 g/mol. The lowest BCUT2D eigenvalue weighted by atomic mass is 10.0. The molecule has 0 bridgehead atoms. The molecule has 0 atom stereocenters. The molecule has 0 aromatic heterocycles. The van der Waals surface area contributed by atoms with Gasteiger partial charge in [0.1, 0.15) is 11.6 Å². The molecule has 1 saturated heterocycles. The molecule has 1 aliphatic heterocycles. The normalized spacial score (nSPS) is 15.4. The van der Waals surface area contributed by atoms with Crippen LogP contribution in [0.1, 0.15) is 18.4 Å². The van der Waals surface area contributed by atoms with Gasteiger partial charge in [0.15, 0.2) is 0 Å². The molecule has 0 spiro atoms. The maximum absolute atomic E-state index is 14.1. The van der Waals surface area contributed by atoms with Crippen LogP contribution in [0.25, 0.3) is 5.83 Å². The van der Waals surface area contributed by atoms with E-state index in [4.69, 9.17) is 11.6 Å². The van der Waals surface area contributed by atoms with E-state index >= 15 is 0 Å². The Morgan fingerprint density at radius 2 is 1.88 bits per heavy atom. The zero-order chi connectivity index (χ0) is 11.5. The molecular weight excluding hydrogens is 267 g/mol. The second-order valence-electron chi connectivity index (χ2n) is 3.79. The van der Waals surface area contributed by atoms with Gasteiger partial charge in [0.05, 0.1) is 5.02 Å². The third-order valence-electron chi connectivity index (χ3n) is 2.69. The molecule has 94 valence electrons. The Labute approximate surface area is 110 Å². The fourth-order valence-electron chi connectivity index (χ4n) is 1.81. The van der Waals surface area contributed by atoms with Crippen LogP contribution in [-0.2, 0) is 0 Å². The van der Waals surface area contributed by atoms with Gasteiger partial charge < -0.3 is 5.32 Å². The zero-order valence-corrected chi connectivity index (χ0v) is 10.7. The summed E-state index contributed by atoms with van der Waals surface area (Å²) in [4.78, 5) is 0. The highest BCUT2D eigenvalue weighted by atomic mass is 35.5. The molecule has 0 aliphatic carbocycles. The largest absolute Gasteiger partial charge is 0.316 e. The number of halogens is 4. The summed E-state index contributed by atoms with van der Waals surface area (Å²) in [6.45, 7) is 1.56. The van der Waals surface area contributed by atoms with Gasteiger partial charge in [-0.15, -0.1) is 12.4 Å². The third-order valence-corrected chi connectivity index (χ3v) is 3.00. The van der Waals surface area contributed by atoms with E-state index in [1.807, 2.05) is 0 Å². The molecule has 1 aromatic rings. The molecule has 2 rings (SSSR count). The van der Waals surface area contributed by atoms with E-state index in [2.05, 4.69) is 5.32 Å². The molecule has 1 nitrogen and oxygen atoms in total. The number of rotatable bonds is 1. The third kappa shape index (κ3) is 3.41. The Morgan fingerprint density at radius 3 is 2.47 bits per heavy atom. The summed E-state index contributed by atoms with van der Waals surface area (Å²) in [5.41, 5.74) is 1.05. The Kier molecular flexibility index (Phi) is 5.37. The van der Waals surface area contributed by atoms with Gasteiger partial charge >= 0.3 is 0 Å². The van der Waals surface area contributed by atoms with Crippen molar-refractivity contribution in [2.24, 2.45) is 0 Å². The predicted octanol–water partition coefficient (Wildman–Crippen LogP) is 3.96. The van der Waals surface area contributed by atoms with Crippen LogP contribution in [-0.4, -0.2) is 13.1 Å². The molecule has 1 heterocycles. The Balaban J connectivity index is 0.00000144. The van der Waals surface area contributed by atoms with E-state index in [0.29, 0.717) is 18.4 Å². The van der Waals surface area contributed by atoms with Crippen molar-refractivity contribution in [2.45, 2.75) is 12.8 Å². The van der Waals surface area contributed by atoms with Crippen LogP contribution < -0.4 is 5.32 Å². The highest BCUT2D eigenvalue weighted by molar-refractivity contribution is 6.32. The first-order chi connectivity index (χ1) is 7.68. The zero-order valence-electron chi connectivity index (χ0n) is 9.10. The summed E-state index contributed by atoms with van der Waals surface area (Å²) in [6, 6.07) is 3.75. The lowest BCUT2D eigenvalue weighted by molar-refractivity contribution is 0.595. The van der Waals surface area contributed by atoms with Gasteiger partial charge in [-0.1, -0.05) is 11.6 Å². The van der Waals surface area contributed by atoms with Gasteiger partial charge in [-0.05, 0) is 49.7 Å². The topological polar surface area (TPSA) is 12.0 Å². The minimum absolute atomic E-state index is 0. The molecular formula is C12H13Cl2F2N. The fourth-order valence-corrected chi connectivity index (χ4v) is 2.06. The lowest BCUT2D eigenvalue weighted by Gasteiger charge is -2.16. The molecule has 0 amide bonds. The van der Waals surface area contributed by atoms with Crippen LogP contribution in [0.15, 0.2) is 23.8 Å². The first-order valence-electron chi connectivity index (χ1n) is 5.22. The number of hydrogen-bond acceptors (Lipinski definition) is 1. The van der Waals surface area contributed by atoms with Crippen LogP contribution >= 0.6 is 24.0 Å². The van der Waals surface area contributed by atoms with Crippen molar-refractivity contribution in [3.63, 3.8) is 0 Å². The van der Waals surface area contributed by atoms with Gasteiger partial charge in [0, 0.05) is 5.56 Å². The minimum Gasteiger partial charge on any atom is -0.316 e. The highest BCUT2D eigenvalue weighted by Crippen LogP contribution is 2.31. The van der Waals surface area contributed by atoms with Gasteiger partial charge in [-0.2, -0.15) is 0 Å². The van der Waals surface area contributed by atoms with E-state index in [1.54, 1.807) is 0 Å². The van der Waals surface area contributed by atoms with Crippen molar-refractivity contribution < 1.29 is 8.78 Å². The smallest absolute Gasteiger partial charge is 0.131 e. The van der Waals surface area contributed by atoms with Gasteiger partial charge in [0.2, 0.25) is 0 Å². The SMILES string of the molecule is Cl.FC(=C1CCNCC1)c1ccc(F)cc1Cl. The monoisotopic (exact) mass is 279 g/mol.